The summed E-state index contributed by atoms with van der Waals surface area (Å²) in [5.41, 5.74) is 6.97. The van der Waals surface area contributed by atoms with Gasteiger partial charge in [-0.15, -0.1) is 32.9 Å². The van der Waals surface area contributed by atoms with Gasteiger partial charge in [-0.25, -0.2) is 0 Å². The molecule has 0 radical (unpaired) electrons. The molecule has 1 aliphatic rings. The second-order valence-corrected chi connectivity index (χ2v) is 9.62. The van der Waals surface area contributed by atoms with Crippen LogP contribution in [-0.2, 0) is 17.6 Å². The van der Waals surface area contributed by atoms with Gasteiger partial charge < -0.3 is 15.5 Å². The number of primary amides is 1. The molecule has 4 rings (SSSR count). The summed E-state index contributed by atoms with van der Waals surface area (Å²) in [6, 6.07) is 3.73. The van der Waals surface area contributed by atoms with Crippen LogP contribution in [0.2, 0.25) is 0 Å². The molecular formula is C18H18N4O3S3. The van der Waals surface area contributed by atoms with E-state index in [1.807, 2.05) is 0 Å². The zero-order valence-electron chi connectivity index (χ0n) is 15.1. The Labute approximate surface area is 173 Å². The first-order valence-corrected chi connectivity index (χ1v) is 11.4. The summed E-state index contributed by atoms with van der Waals surface area (Å²) in [6.07, 6.45) is 3.42. The minimum atomic E-state index is -0.571. The Morgan fingerprint density at radius 3 is 3.11 bits per heavy atom. The van der Waals surface area contributed by atoms with Crippen LogP contribution >= 0.6 is 34.4 Å². The lowest BCUT2D eigenvalue weighted by Gasteiger charge is -2.16. The lowest BCUT2D eigenvalue weighted by Crippen LogP contribution is -2.17. The number of aryl methyl sites for hydroxylation is 1. The van der Waals surface area contributed by atoms with Crippen LogP contribution in [0.15, 0.2) is 27.2 Å². The molecular weight excluding hydrogens is 416 g/mol. The average Bonchev–Trinajstić information content (AvgIpc) is 3.38. The number of hydrogen-bond acceptors (Lipinski definition) is 8. The molecule has 0 fully saturated rings. The number of anilines is 1. The largest absolute Gasteiger partial charge is 0.410 e. The van der Waals surface area contributed by atoms with Crippen molar-refractivity contribution in [3.8, 4) is 10.8 Å². The standard InChI is InChI=1S/C18H18N4O3S3/c1-9-2-3-12-10(6-9)7-13(28-12)16-21-22-18(25-16)27-8-14(23)20-17-11(15(19)24)4-5-26-17/h4-5,7,9H,2-3,6,8H2,1H3,(H2,19,24)(H,20,23). The second-order valence-electron chi connectivity index (χ2n) is 6.64. The number of aromatic nitrogens is 2. The summed E-state index contributed by atoms with van der Waals surface area (Å²) >= 11 is 4.11. The van der Waals surface area contributed by atoms with Crippen molar-refractivity contribution in [2.45, 2.75) is 31.4 Å². The number of amides is 2. The third-order valence-corrected chi connectivity index (χ3v) is 7.33. The maximum atomic E-state index is 12.1. The fourth-order valence-corrected chi connectivity index (χ4v) is 5.57. The highest BCUT2D eigenvalue weighted by Gasteiger charge is 2.21. The van der Waals surface area contributed by atoms with Gasteiger partial charge in [0.1, 0.15) is 5.00 Å². The third-order valence-electron chi connectivity index (χ3n) is 4.46. The predicted molar refractivity (Wildman–Crippen MR) is 111 cm³/mol. The van der Waals surface area contributed by atoms with Crippen molar-refractivity contribution >= 4 is 51.3 Å². The quantitative estimate of drug-likeness (QED) is 0.571. The molecule has 0 aliphatic heterocycles. The van der Waals surface area contributed by atoms with E-state index in [1.165, 1.54) is 28.2 Å². The number of nitrogens with one attached hydrogen (secondary N) is 1. The van der Waals surface area contributed by atoms with Crippen molar-refractivity contribution in [2.24, 2.45) is 11.7 Å². The minimum absolute atomic E-state index is 0.0934. The molecule has 3 aromatic heterocycles. The fourth-order valence-electron chi connectivity index (χ4n) is 3.07. The first-order valence-electron chi connectivity index (χ1n) is 8.75. The van der Waals surface area contributed by atoms with Gasteiger partial charge in [-0.3, -0.25) is 9.59 Å². The van der Waals surface area contributed by atoms with Gasteiger partial charge in [-0.1, -0.05) is 18.7 Å². The van der Waals surface area contributed by atoms with Crippen LogP contribution in [0.4, 0.5) is 5.00 Å². The van der Waals surface area contributed by atoms with Crippen molar-refractivity contribution in [3.05, 3.63) is 33.5 Å². The zero-order chi connectivity index (χ0) is 19.7. The van der Waals surface area contributed by atoms with Crippen molar-refractivity contribution in [1.82, 2.24) is 10.2 Å². The van der Waals surface area contributed by atoms with Crippen LogP contribution in [-0.4, -0.2) is 27.8 Å². The van der Waals surface area contributed by atoms with Gasteiger partial charge in [0.2, 0.25) is 5.91 Å². The van der Waals surface area contributed by atoms with E-state index in [0.29, 0.717) is 27.6 Å². The molecule has 146 valence electrons. The van der Waals surface area contributed by atoms with E-state index in [4.69, 9.17) is 10.2 Å². The molecule has 0 spiro atoms. The van der Waals surface area contributed by atoms with E-state index in [9.17, 15) is 9.59 Å². The Morgan fingerprint density at radius 2 is 2.29 bits per heavy atom. The molecule has 7 nitrogen and oxygen atoms in total. The molecule has 2 amide bonds. The number of nitrogens with zero attached hydrogens (tertiary/aromatic N) is 2. The summed E-state index contributed by atoms with van der Waals surface area (Å²) in [5, 5.41) is 13.3. The van der Waals surface area contributed by atoms with E-state index >= 15 is 0 Å². The summed E-state index contributed by atoms with van der Waals surface area (Å²) in [5.74, 6) is 0.454. The molecule has 3 aromatic rings. The molecule has 1 aliphatic carbocycles. The number of hydrogen-bond donors (Lipinski definition) is 2. The SMILES string of the molecule is CC1CCc2sc(-c3nnc(SCC(=O)Nc4sccc4C(N)=O)o3)cc2C1. The molecule has 0 saturated heterocycles. The van der Waals surface area contributed by atoms with Crippen molar-refractivity contribution in [1.29, 1.82) is 0 Å². The molecule has 10 heteroatoms. The van der Waals surface area contributed by atoms with Gasteiger partial charge in [0.15, 0.2) is 0 Å². The van der Waals surface area contributed by atoms with Crippen LogP contribution in [0.5, 0.6) is 0 Å². The smallest absolute Gasteiger partial charge is 0.277 e. The van der Waals surface area contributed by atoms with Gasteiger partial charge in [0.05, 0.1) is 16.2 Å². The molecule has 3 heterocycles. The van der Waals surface area contributed by atoms with Gasteiger partial charge in [0, 0.05) is 4.88 Å². The van der Waals surface area contributed by atoms with Gasteiger partial charge >= 0.3 is 0 Å². The fraction of sp³-hybridized carbons (Fsp3) is 0.333. The number of thioether (sulfide) groups is 1. The lowest BCUT2D eigenvalue weighted by molar-refractivity contribution is -0.113. The normalized spacial score (nSPS) is 16.0. The van der Waals surface area contributed by atoms with Crippen LogP contribution in [0.3, 0.4) is 0 Å². The summed E-state index contributed by atoms with van der Waals surface area (Å²) in [4.78, 5) is 25.8. The first-order chi connectivity index (χ1) is 13.5. The molecule has 1 atom stereocenters. The van der Waals surface area contributed by atoms with Gasteiger partial charge in [0.25, 0.3) is 17.0 Å². The predicted octanol–water partition coefficient (Wildman–Crippen LogP) is 3.81. The van der Waals surface area contributed by atoms with Gasteiger partial charge in [-0.05, 0) is 48.3 Å². The number of carbonyl (C=O) groups excluding carboxylic acids is 2. The van der Waals surface area contributed by atoms with E-state index in [-0.39, 0.29) is 11.7 Å². The second kappa shape index (κ2) is 8.06. The Balaban J connectivity index is 1.37. The van der Waals surface area contributed by atoms with Crippen LogP contribution in [0.25, 0.3) is 10.8 Å². The molecule has 1 unspecified atom stereocenters. The highest BCUT2D eigenvalue weighted by atomic mass is 32.2. The minimum Gasteiger partial charge on any atom is -0.410 e. The molecule has 3 N–H and O–H groups in total. The molecule has 0 bridgehead atoms. The van der Waals surface area contributed by atoms with Crippen LogP contribution in [0, 0.1) is 5.92 Å². The Bertz CT molecular complexity index is 1020. The maximum Gasteiger partial charge on any atom is 0.277 e. The molecule has 0 saturated carbocycles. The van der Waals surface area contributed by atoms with E-state index < -0.39 is 5.91 Å². The highest BCUT2D eigenvalue weighted by Crippen LogP contribution is 2.37. The summed E-state index contributed by atoms with van der Waals surface area (Å²) in [7, 11) is 0. The third kappa shape index (κ3) is 4.13. The first kappa shape index (κ1) is 19.2. The Morgan fingerprint density at radius 1 is 1.43 bits per heavy atom. The van der Waals surface area contributed by atoms with Crippen molar-refractivity contribution in [2.75, 3.05) is 11.1 Å². The summed E-state index contributed by atoms with van der Waals surface area (Å²) in [6.45, 7) is 2.27. The highest BCUT2D eigenvalue weighted by molar-refractivity contribution is 7.99. The number of thiophene rings is 2. The van der Waals surface area contributed by atoms with Crippen molar-refractivity contribution < 1.29 is 14.0 Å². The lowest BCUT2D eigenvalue weighted by atomic mass is 9.90. The van der Waals surface area contributed by atoms with Crippen molar-refractivity contribution in [3.63, 3.8) is 0 Å². The Hall–Kier alpha value is -2.17. The van der Waals surface area contributed by atoms with E-state index in [1.54, 1.807) is 22.8 Å². The van der Waals surface area contributed by atoms with Gasteiger partial charge in [-0.2, -0.15) is 0 Å². The van der Waals surface area contributed by atoms with Crippen LogP contribution in [0.1, 0.15) is 34.1 Å². The zero-order valence-corrected chi connectivity index (χ0v) is 17.5. The average molecular weight is 435 g/mol. The monoisotopic (exact) mass is 434 g/mol. The number of fused-ring (bicyclic) bond motifs is 1. The number of rotatable bonds is 6. The Kier molecular flexibility index (Phi) is 5.51. The van der Waals surface area contributed by atoms with E-state index in [2.05, 4.69) is 28.5 Å². The van der Waals surface area contributed by atoms with Crippen LogP contribution < -0.4 is 11.1 Å². The topological polar surface area (TPSA) is 111 Å². The number of nitrogens with two attached hydrogens (primary N) is 1. The molecule has 28 heavy (non-hydrogen) atoms. The van der Waals surface area contributed by atoms with E-state index in [0.717, 1.165) is 29.5 Å². The maximum absolute atomic E-state index is 12.1. The number of carbonyl (C=O) groups is 2. The summed E-state index contributed by atoms with van der Waals surface area (Å²) < 4.78 is 5.72. The molecule has 0 aromatic carbocycles.